The summed E-state index contributed by atoms with van der Waals surface area (Å²) in [6.45, 7) is 3.56. The molecule has 0 radical (unpaired) electrons. The molecule has 1 amide bonds. The summed E-state index contributed by atoms with van der Waals surface area (Å²) in [5.41, 5.74) is 1.02. The van der Waals surface area contributed by atoms with Gasteiger partial charge in [-0.2, -0.15) is 0 Å². The van der Waals surface area contributed by atoms with Crippen LogP contribution >= 0.6 is 0 Å². The topological polar surface area (TPSA) is 100 Å². The van der Waals surface area contributed by atoms with Crippen LogP contribution in [0.15, 0.2) is 30.3 Å². The molecule has 0 spiro atoms. The van der Waals surface area contributed by atoms with Crippen LogP contribution in [0.1, 0.15) is 45.7 Å². The number of hydrogen-bond donors (Lipinski definition) is 1. The predicted octanol–water partition coefficient (Wildman–Crippen LogP) is 3.16. The minimum atomic E-state index is -1.46. The predicted molar refractivity (Wildman–Crippen MR) is 113 cm³/mol. The first-order chi connectivity index (χ1) is 14.8. The maximum atomic E-state index is 13.2. The van der Waals surface area contributed by atoms with Gasteiger partial charge in [-0.15, -0.1) is 0 Å². The smallest absolute Gasteiger partial charge is 0.340 e. The molecule has 0 aliphatic carbocycles. The molecule has 8 nitrogen and oxygen atoms in total. The van der Waals surface area contributed by atoms with Crippen LogP contribution in [0.5, 0.6) is 11.5 Å². The molecule has 1 N–H and O–H groups in total. The van der Waals surface area contributed by atoms with E-state index in [1.807, 2.05) is 19.1 Å². The second-order valence-corrected chi connectivity index (χ2v) is 7.34. The number of carbonyl (C=O) groups excluding carboxylic acids is 3. The summed E-state index contributed by atoms with van der Waals surface area (Å²) in [5.74, 6) is -1.20. The fourth-order valence-electron chi connectivity index (χ4n) is 3.51. The van der Waals surface area contributed by atoms with Crippen molar-refractivity contribution in [2.24, 2.45) is 0 Å². The number of carbonyl (C=O) groups is 3. The summed E-state index contributed by atoms with van der Waals surface area (Å²) in [6, 6.07) is 8.38. The Balaban J connectivity index is 1.97. The van der Waals surface area contributed by atoms with Crippen LogP contribution < -0.4 is 14.8 Å². The van der Waals surface area contributed by atoms with Crippen LogP contribution in [-0.2, 0) is 27.1 Å². The highest BCUT2D eigenvalue weighted by Crippen LogP contribution is 2.35. The Morgan fingerprint density at radius 2 is 1.77 bits per heavy atom. The summed E-state index contributed by atoms with van der Waals surface area (Å²) in [4.78, 5) is 38.0. The molecule has 0 saturated heterocycles. The summed E-state index contributed by atoms with van der Waals surface area (Å²) in [7, 11) is 4.10. The van der Waals surface area contributed by atoms with Crippen LogP contribution in [0.3, 0.4) is 0 Å². The van der Waals surface area contributed by atoms with E-state index >= 15 is 0 Å². The molecule has 1 aliphatic heterocycles. The number of methoxy groups -OCH3 is 3. The van der Waals surface area contributed by atoms with E-state index < -0.39 is 23.4 Å². The Morgan fingerprint density at radius 1 is 1.10 bits per heavy atom. The fraction of sp³-hybridized carbons (Fsp3) is 0.348. The van der Waals surface area contributed by atoms with Crippen molar-refractivity contribution in [1.29, 1.82) is 0 Å². The van der Waals surface area contributed by atoms with Crippen molar-refractivity contribution in [2.45, 2.75) is 32.3 Å². The van der Waals surface area contributed by atoms with Gasteiger partial charge in [-0.25, -0.2) is 9.59 Å². The van der Waals surface area contributed by atoms with E-state index in [1.54, 1.807) is 13.0 Å². The first-order valence-electron chi connectivity index (χ1n) is 9.77. The quantitative estimate of drug-likeness (QED) is 0.707. The van der Waals surface area contributed by atoms with Crippen LogP contribution in [0, 0.1) is 0 Å². The van der Waals surface area contributed by atoms with E-state index in [9.17, 15) is 14.4 Å². The van der Waals surface area contributed by atoms with Crippen LogP contribution in [-0.4, -0.2) is 44.8 Å². The number of nitrogens with one attached hydrogen (secondary N) is 1. The zero-order valence-electron chi connectivity index (χ0n) is 18.2. The van der Waals surface area contributed by atoms with Gasteiger partial charge in [0.15, 0.2) is 17.1 Å². The zero-order chi connectivity index (χ0) is 22.8. The minimum Gasteiger partial charge on any atom is -0.493 e. The van der Waals surface area contributed by atoms with E-state index in [1.165, 1.54) is 33.5 Å². The zero-order valence-corrected chi connectivity index (χ0v) is 18.2. The number of benzene rings is 2. The van der Waals surface area contributed by atoms with Gasteiger partial charge in [-0.1, -0.05) is 19.1 Å². The summed E-state index contributed by atoms with van der Waals surface area (Å²) in [5, 5.41) is 2.69. The van der Waals surface area contributed by atoms with E-state index in [2.05, 4.69) is 5.32 Å². The van der Waals surface area contributed by atoms with Crippen molar-refractivity contribution >= 4 is 23.5 Å². The van der Waals surface area contributed by atoms with E-state index in [4.69, 9.17) is 18.9 Å². The molecule has 0 saturated carbocycles. The highest BCUT2D eigenvalue weighted by atomic mass is 16.6. The number of anilines is 1. The monoisotopic (exact) mass is 427 g/mol. The lowest BCUT2D eigenvalue weighted by Gasteiger charge is -2.33. The van der Waals surface area contributed by atoms with E-state index in [-0.39, 0.29) is 17.7 Å². The average molecular weight is 427 g/mol. The summed E-state index contributed by atoms with van der Waals surface area (Å²) in [6.07, 6.45) is 1.01. The molecule has 1 atom stereocenters. The molecule has 0 aromatic heterocycles. The van der Waals surface area contributed by atoms with Gasteiger partial charge in [-0.3, -0.25) is 4.79 Å². The van der Waals surface area contributed by atoms with Crippen molar-refractivity contribution in [3.8, 4) is 11.5 Å². The second-order valence-electron chi connectivity index (χ2n) is 7.34. The third kappa shape index (κ3) is 4.19. The number of amides is 1. The van der Waals surface area contributed by atoms with Crippen LogP contribution in [0.2, 0.25) is 0 Å². The van der Waals surface area contributed by atoms with Gasteiger partial charge in [0.05, 0.1) is 38.1 Å². The summed E-state index contributed by atoms with van der Waals surface area (Å²) < 4.78 is 20.8. The third-order valence-corrected chi connectivity index (χ3v) is 5.30. The summed E-state index contributed by atoms with van der Waals surface area (Å²) >= 11 is 0. The Labute approximate surface area is 180 Å². The lowest BCUT2D eigenvalue weighted by atomic mass is 9.88. The van der Waals surface area contributed by atoms with Crippen molar-refractivity contribution in [1.82, 2.24) is 0 Å². The SMILES string of the molecule is CCc1ccc2c(c1)CC(C)(C(=O)Nc1cc(OC)c(OC)cc1C(=O)OC)OC2=O. The van der Waals surface area contributed by atoms with Gasteiger partial charge in [0.2, 0.25) is 0 Å². The van der Waals surface area contributed by atoms with Gasteiger partial charge >= 0.3 is 11.9 Å². The molecule has 0 fully saturated rings. The number of hydrogen-bond acceptors (Lipinski definition) is 7. The van der Waals surface area contributed by atoms with Crippen molar-refractivity contribution in [3.63, 3.8) is 0 Å². The Hall–Kier alpha value is -3.55. The van der Waals surface area contributed by atoms with Gasteiger partial charge in [-0.05, 0) is 30.5 Å². The third-order valence-electron chi connectivity index (χ3n) is 5.30. The molecular weight excluding hydrogens is 402 g/mol. The number of fused-ring (bicyclic) bond motifs is 1. The Kier molecular flexibility index (Phi) is 6.19. The molecular formula is C23H25NO7. The van der Waals surface area contributed by atoms with Crippen molar-refractivity contribution < 1.29 is 33.3 Å². The Bertz CT molecular complexity index is 1050. The number of cyclic esters (lactones) is 1. The Morgan fingerprint density at radius 3 is 2.39 bits per heavy atom. The van der Waals surface area contributed by atoms with Gasteiger partial charge in [0, 0.05) is 18.6 Å². The maximum Gasteiger partial charge on any atom is 0.340 e. The van der Waals surface area contributed by atoms with E-state index in [0.717, 1.165) is 17.5 Å². The van der Waals surface area contributed by atoms with Crippen molar-refractivity contribution in [3.05, 3.63) is 52.6 Å². The fourth-order valence-corrected chi connectivity index (χ4v) is 3.51. The average Bonchev–Trinajstić information content (AvgIpc) is 2.77. The highest BCUT2D eigenvalue weighted by molar-refractivity contribution is 6.06. The largest absolute Gasteiger partial charge is 0.493 e. The lowest BCUT2D eigenvalue weighted by Crippen LogP contribution is -2.49. The van der Waals surface area contributed by atoms with Gasteiger partial charge < -0.3 is 24.3 Å². The molecule has 31 heavy (non-hydrogen) atoms. The number of ether oxygens (including phenoxy) is 4. The number of esters is 2. The highest BCUT2D eigenvalue weighted by Gasteiger charge is 2.43. The van der Waals surface area contributed by atoms with Crippen LogP contribution in [0.4, 0.5) is 5.69 Å². The number of rotatable bonds is 6. The molecule has 164 valence electrons. The minimum absolute atomic E-state index is 0.0768. The molecule has 1 unspecified atom stereocenters. The molecule has 3 rings (SSSR count). The first-order valence-corrected chi connectivity index (χ1v) is 9.77. The molecule has 1 heterocycles. The van der Waals surface area contributed by atoms with Gasteiger partial charge in [0.1, 0.15) is 0 Å². The van der Waals surface area contributed by atoms with Crippen LogP contribution in [0.25, 0.3) is 0 Å². The molecule has 2 aromatic rings. The first kappa shape index (κ1) is 22.1. The lowest BCUT2D eigenvalue weighted by molar-refractivity contribution is -0.134. The van der Waals surface area contributed by atoms with Gasteiger partial charge in [0.25, 0.3) is 5.91 Å². The molecule has 2 aromatic carbocycles. The number of aryl methyl sites for hydroxylation is 1. The van der Waals surface area contributed by atoms with Crippen molar-refractivity contribution in [2.75, 3.05) is 26.6 Å². The molecule has 8 heteroatoms. The standard InChI is InChI=1S/C23H25NO7/c1-6-13-7-8-15-14(9-13)12-23(2,31-21(15)26)22(27)24-17-11-19(29-4)18(28-3)10-16(17)20(25)30-5/h7-11H,6,12H2,1-5H3,(H,24,27). The maximum absolute atomic E-state index is 13.2. The molecule has 1 aliphatic rings. The second kappa shape index (κ2) is 8.67. The van der Waals surface area contributed by atoms with E-state index in [0.29, 0.717) is 17.1 Å². The molecule has 0 bridgehead atoms. The normalized spacial score (nSPS) is 17.3.